The molecule has 0 aromatic heterocycles. The quantitative estimate of drug-likeness (QED) is 0.785. The van der Waals surface area contributed by atoms with Gasteiger partial charge in [-0.25, -0.2) is 4.39 Å². The van der Waals surface area contributed by atoms with E-state index >= 15 is 0 Å². The van der Waals surface area contributed by atoms with Crippen LogP contribution in [0.4, 0.5) is 4.39 Å². The van der Waals surface area contributed by atoms with Crippen LogP contribution in [-0.4, -0.2) is 23.8 Å². The first kappa shape index (κ1) is 12.2. The van der Waals surface area contributed by atoms with E-state index in [1.165, 1.54) is 12.1 Å². The van der Waals surface area contributed by atoms with E-state index < -0.39 is 0 Å². The highest BCUT2D eigenvalue weighted by atomic mass is 19.1. The number of hydrogen-bond donors (Lipinski definition) is 0. The van der Waals surface area contributed by atoms with Crippen LogP contribution >= 0.6 is 0 Å². The Morgan fingerprint density at radius 3 is 2.82 bits per heavy atom. The molecule has 1 aliphatic rings. The summed E-state index contributed by atoms with van der Waals surface area (Å²) in [6.07, 6.45) is 0.876. The van der Waals surface area contributed by atoms with E-state index in [-0.39, 0.29) is 17.0 Å². The highest BCUT2D eigenvalue weighted by Gasteiger charge is 2.33. The number of rotatable bonds is 2. The average Bonchev–Trinajstić information content (AvgIpc) is 2.24. The molecule has 1 aliphatic heterocycles. The van der Waals surface area contributed by atoms with Crippen molar-refractivity contribution in [3.05, 3.63) is 35.6 Å². The second-order valence-electron chi connectivity index (χ2n) is 5.40. The van der Waals surface area contributed by atoms with Gasteiger partial charge in [0, 0.05) is 12.0 Å². The van der Waals surface area contributed by atoms with E-state index in [4.69, 9.17) is 0 Å². The minimum Gasteiger partial charge on any atom is -0.298 e. The predicted molar refractivity (Wildman–Crippen MR) is 65.1 cm³/mol. The number of carbonyl (C=O) groups is 1. The van der Waals surface area contributed by atoms with Gasteiger partial charge >= 0.3 is 0 Å². The van der Waals surface area contributed by atoms with Gasteiger partial charge in [-0.15, -0.1) is 0 Å². The first-order valence-corrected chi connectivity index (χ1v) is 5.97. The van der Waals surface area contributed by atoms with Crippen molar-refractivity contribution in [2.75, 3.05) is 13.1 Å². The molecule has 0 amide bonds. The van der Waals surface area contributed by atoms with E-state index in [0.717, 1.165) is 18.5 Å². The molecule has 0 radical (unpaired) electrons. The summed E-state index contributed by atoms with van der Waals surface area (Å²) in [6.45, 7) is 6.02. The topological polar surface area (TPSA) is 20.3 Å². The number of Topliss-reactive ketones (excluding diaryl/α,β-unsaturated/α-hetero) is 1. The Kier molecular flexibility index (Phi) is 3.29. The molecule has 3 heteroatoms. The van der Waals surface area contributed by atoms with Crippen LogP contribution in [0.5, 0.6) is 0 Å². The molecule has 0 bridgehead atoms. The Balaban J connectivity index is 2.00. The van der Waals surface area contributed by atoms with E-state index in [9.17, 15) is 9.18 Å². The zero-order valence-corrected chi connectivity index (χ0v) is 10.4. The molecule has 0 atom stereocenters. The standard InChI is InChI=1S/C14H18FNO/c1-14(2)6-7-16(10-13(14)17)9-11-4-3-5-12(15)8-11/h3-5,8H,6-7,9-10H2,1-2H3. The van der Waals surface area contributed by atoms with Gasteiger partial charge in [0.2, 0.25) is 0 Å². The fourth-order valence-corrected chi connectivity index (χ4v) is 2.10. The summed E-state index contributed by atoms with van der Waals surface area (Å²) in [5.74, 6) is 0.0614. The van der Waals surface area contributed by atoms with Gasteiger partial charge in [0.25, 0.3) is 0 Å². The van der Waals surface area contributed by atoms with Gasteiger partial charge in [-0.1, -0.05) is 26.0 Å². The van der Waals surface area contributed by atoms with Crippen molar-refractivity contribution in [1.29, 1.82) is 0 Å². The lowest BCUT2D eigenvalue weighted by Gasteiger charge is -2.35. The third kappa shape index (κ3) is 2.91. The zero-order chi connectivity index (χ0) is 12.5. The molecule has 0 aliphatic carbocycles. The third-order valence-electron chi connectivity index (χ3n) is 3.47. The van der Waals surface area contributed by atoms with Gasteiger partial charge in [-0.05, 0) is 30.7 Å². The van der Waals surface area contributed by atoms with Gasteiger partial charge in [0.1, 0.15) is 5.82 Å². The van der Waals surface area contributed by atoms with Crippen molar-refractivity contribution in [2.24, 2.45) is 5.41 Å². The summed E-state index contributed by atoms with van der Waals surface area (Å²) in [5, 5.41) is 0. The minimum absolute atomic E-state index is 0.196. The molecule has 1 heterocycles. The Morgan fingerprint density at radius 2 is 2.18 bits per heavy atom. The molecule has 0 unspecified atom stereocenters. The molecule has 1 aromatic rings. The van der Waals surface area contributed by atoms with Crippen molar-refractivity contribution in [2.45, 2.75) is 26.8 Å². The molecule has 92 valence electrons. The Bertz CT molecular complexity index is 428. The molecule has 1 fully saturated rings. The van der Waals surface area contributed by atoms with Crippen LogP contribution in [0.2, 0.25) is 0 Å². The lowest BCUT2D eigenvalue weighted by atomic mass is 9.81. The van der Waals surface area contributed by atoms with Crippen molar-refractivity contribution < 1.29 is 9.18 Å². The second-order valence-corrected chi connectivity index (χ2v) is 5.40. The molecule has 0 N–H and O–H groups in total. The zero-order valence-electron chi connectivity index (χ0n) is 10.4. The summed E-state index contributed by atoms with van der Waals surface area (Å²) >= 11 is 0. The molecule has 0 saturated carbocycles. The minimum atomic E-state index is -0.217. The van der Waals surface area contributed by atoms with Gasteiger partial charge in [-0.3, -0.25) is 9.69 Å². The number of piperidine rings is 1. The maximum atomic E-state index is 13.0. The summed E-state index contributed by atoms with van der Waals surface area (Å²) in [5.41, 5.74) is 0.732. The lowest BCUT2D eigenvalue weighted by Crippen LogP contribution is -2.44. The lowest BCUT2D eigenvalue weighted by molar-refractivity contribution is -0.132. The first-order chi connectivity index (χ1) is 7.97. The van der Waals surface area contributed by atoms with E-state index in [2.05, 4.69) is 4.90 Å². The average molecular weight is 235 g/mol. The molecule has 2 rings (SSSR count). The van der Waals surface area contributed by atoms with Crippen LogP contribution < -0.4 is 0 Å². The molecular formula is C14H18FNO. The SMILES string of the molecule is CC1(C)CCN(Cc2cccc(F)c2)CC1=O. The Labute approximate surface area is 101 Å². The number of ketones is 1. The van der Waals surface area contributed by atoms with Crippen LogP contribution in [0.15, 0.2) is 24.3 Å². The molecule has 1 saturated heterocycles. The highest BCUT2D eigenvalue weighted by Crippen LogP contribution is 2.27. The number of carbonyl (C=O) groups excluding carboxylic acids is 1. The molecule has 0 spiro atoms. The number of hydrogen-bond acceptors (Lipinski definition) is 2. The number of benzene rings is 1. The molecule has 2 nitrogen and oxygen atoms in total. The maximum Gasteiger partial charge on any atom is 0.152 e. The summed E-state index contributed by atoms with van der Waals surface area (Å²) in [4.78, 5) is 14.0. The van der Waals surface area contributed by atoms with Crippen LogP contribution in [0.25, 0.3) is 0 Å². The van der Waals surface area contributed by atoms with Crippen molar-refractivity contribution in [3.8, 4) is 0 Å². The first-order valence-electron chi connectivity index (χ1n) is 5.97. The number of nitrogens with zero attached hydrogens (tertiary/aromatic N) is 1. The summed E-state index contributed by atoms with van der Waals surface area (Å²) in [7, 11) is 0. The van der Waals surface area contributed by atoms with E-state index in [0.29, 0.717) is 13.1 Å². The number of halogens is 1. The van der Waals surface area contributed by atoms with E-state index in [1.54, 1.807) is 6.07 Å². The maximum absolute atomic E-state index is 13.0. The van der Waals surface area contributed by atoms with Crippen LogP contribution in [0.3, 0.4) is 0 Å². The fraction of sp³-hybridized carbons (Fsp3) is 0.500. The van der Waals surface area contributed by atoms with E-state index in [1.807, 2.05) is 19.9 Å². The normalized spacial score (nSPS) is 20.5. The van der Waals surface area contributed by atoms with Gasteiger partial charge in [-0.2, -0.15) is 0 Å². The third-order valence-corrected chi connectivity index (χ3v) is 3.47. The second kappa shape index (κ2) is 4.57. The molecular weight excluding hydrogens is 217 g/mol. The van der Waals surface area contributed by atoms with Gasteiger partial charge in [0.15, 0.2) is 5.78 Å². The summed E-state index contributed by atoms with van der Waals surface area (Å²) in [6, 6.07) is 6.58. The summed E-state index contributed by atoms with van der Waals surface area (Å²) < 4.78 is 13.0. The van der Waals surface area contributed by atoms with Crippen LogP contribution in [-0.2, 0) is 11.3 Å². The van der Waals surface area contributed by atoms with Gasteiger partial charge < -0.3 is 0 Å². The predicted octanol–water partition coefficient (Wildman–Crippen LogP) is 2.63. The number of likely N-dealkylation sites (tertiary alicyclic amines) is 1. The van der Waals surface area contributed by atoms with Crippen LogP contribution in [0, 0.1) is 11.2 Å². The Hall–Kier alpha value is -1.22. The van der Waals surface area contributed by atoms with Gasteiger partial charge in [0.05, 0.1) is 6.54 Å². The highest BCUT2D eigenvalue weighted by molar-refractivity contribution is 5.86. The Morgan fingerprint density at radius 1 is 1.41 bits per heavy atom. The molecule has 1 aromatic carbocycles. The van der Waals surface area contributed by atoms with Crippen molar-refractivity contribution in [1.82, 2.24) is 4.90 Å². The molecule has 17 heavy (non-hydrogen) atoms. The van der Waals surface area contributed by atoms with Crippen molar-refractivity contribution >= 4 is 5.78 Å². The fourth-order valence-electron chi connectivity index (χ4n) is 2.10. The smallest absolute Gasteiger partial charge is 0.152 e. The monoisotopic (exact) mass is 235 g/mol. The van der Waals surface area contributed by atoms with Crippen molar-refractivity contribution in [3.63, 3.8) is 0 Å². The van der Waals surface area contributed by atoms with Crippen LogP contribution in [0.1, 0.15) is 25.8 Å². The largest absolute Gasteiger partial charge is 0.298 e.